The van der Waals surface area contributed by atoms with Crippen LogP contribution in [0.25, 0.3) is 0 Å². The van der Waals surface area contributed by atoms with Gasteiger partial charge in [0.25, 0.3) is 0 Å². The van der Waals surface area contributed by atoms with Crippen LogP contribution in [-0.2, 0) is 32.7 Å². The third-order valence-corrected chi connectivity index (χ3v) is 3.74. The smallest absolute Gasteiger partial charge is 0.538 e. The van der Waals surface area contributed by atoms with Crippen molar-refractivity contribution in [1.29, 1.82) is 0 Å². The summed E-state index contributed by atoms with van der Waals surface area (Å²) in [5.41, 5.74) is 0. The summed E-state index contributed by atoms with van der Waals surface area (Å²) >= 11 is 0. The molecule has 31 heavy (non-hydrogen) atoms. The second kappa shape index (κ2) is 34.1. The van der Waals surface area contributed by atoms with Gasteiger partial charge in [0.1, 0.15) is 0 Å². The van der Waals surface area contributed by atoms with Crippen LogP contribution in [0.2, 0.25) is 0 Å². The van der Waals surface area contributed by atoms with Crippen LogP contribution in [0, 0.1) is 0 Å². The summed E-state index contributed by atoms with van der Waals surface area (Å²) in [4.78, 5) is 18.4. The van der Waals surface area contributed by atoms with Crippen LogP contribution in [0.4, 0.5) is 0 Å². The van der Waals surface area contributed by atoms with Gasteiger partial charge in [0.2, 0.25) is 0 Å². The minimum atomic E-state index is 0. The molecule has 0 atom stereocenters. The molecule has 180 valence electrons. The Labute approximate surface area is 220 Å². The maximum Gasteiger partial charge on any atom is 3.00 e. The third-order valence-electron chi connectivity index (χ3n) is 3.74. The summed E-state index contributed by atoms with van der Waals surface area (Å²) in [7, 11) is 0. The summed E-state index contributed by atoms with van der Waals surface area (Å²) in [6.45, 7) is 27.7. The fraction of sp³-hybridized carbons (Fsp3) is 0.875. The Balaban J connectivity index is -0.000000174. The van der Waals surface area contributed by atoms with Gasteiger partial charge in [-0.15, -0.1) is 0 Å². The predicted octanol–water partition coefficient (Wildman–Crippen LogP) is 4.93. The topological polar surface area (TPSA) is 46.8 Å². The monoisotopic (exact) mass is 512 g/mol. The maximum absolute atomic E-state index is 4.04. The van der Waals surface area contributed by atoms with Gasteiger partial charge in [-0.05, 0) is 98.9 Å². The van der Waals surface area contributed by atoms with Crippen molar-refractivity contribution in [1.82, 2.24) is 14.7 Å². The molecule has 0 aromatic heterocycles. The standard InChI is InChI=1S/3C8H17N2.Y/c3*1-4-7-10(6-3)8-9-5-2;/h3*4-7H2,1-3H3;/q3*-1;+3. The Hall–Kier alpha value is -0.486. The average Bonchev–Trinajstić information content (AvgIpc) is 2.77. The number of aliphatic imine (C=N–C) groups is 3. The zero-order valence-corrected chi connectivity index (χ0v) is 25.1. The zero-order chi connectivity index (χ0) is 23.5. The molecule has 0 aromatic carbocycles. The van der Waals surface area contributed by atoms with E-state index in [0.717, 1.165) is 58.9 Å². The molecule has 0 saturated heterocycles. The van der Waals surface area contributed by atoms with E-state index in [1.165, 1.54) is 19.3 Å². The van der Waals surface area contributed by atoms with E-state index in [2.05, 4.69) is 90.2 Å². The Morgan fingerprint density at radius 1 is 0.452 bits per heavy atom. The van der Waals surface area contributed by atoms with E-state index in [9.17, 15) is 0 Å². The molecule has 7 heteroatoms. The average molecular weight is 513 g/mol. The van der Waals surface area contributed by atoms with Crippen LogP contribution < -0.4 is 0 Å². The van der Waals surface area contributed by atoms with E-state index in [1.54, 1.807) is 0 Å². The molecule has 6 nitrogen and oxygen atoms in total. The molecule has 0 unspecified atom stereocenters. The van der Waals surface area contributed by atoms with E-state index in [-0.39, 0.29) is 32.7 Å². The van der Waals surface area contributed by atoms with Crippen LogP contribution in [0.15, 0.2) is 15.0 Å². The van der Waals surface area contributed by atoms with Crippen LogP contribution in [0.5, 0.6) is 0 Å². The van der Waals surface area contributed by atoms with E-state index >= 15 is 0 Å². The molecular formula is C24H51N6Y. The molecule has 0 aliphatic rings. The normalized spacial score (nSPS) is 10.4. The second-order valence-corrected chi connectivity index (χ2v) is 6.46. The molecule has 0 saturated carbocycles. The Bertz CT molecular complexity index is 331. The van der Waals surface area contributed by atoms with Crippen molar-refractivity contribution in [2.75, 3.05) is 58.9 Å². The van der Waals surface area contributed by atoms with Gasteiger partial charge < -0.3 is 29.7 Å². The van der Waals surface area contributed by atoms with Gasteiger partial charge in [0.05, 0.1) is 0 Å². The molecule has 0 rings (SSSR count). The van der Waals surface area contributed by atoms with Crippen molar-refractivity contribution < 1.29 is 32.7 Å². The summed E-state index contributed by atoms with van der Waals surface area (Å²) in [5, 5.41) is 0. The van der Waals surface area contributed by atoms with E-state index in [1.807, 2.05) is 20.8 Å². The Kier molecular flexibility index (Phi) is 41.6. The molecule has 0 aliphatic carbocycles. The Morgan fingerprint density at radius 3 is 0.806 bits per heavy atom. The first-order valence-electron chi connectivity index (χ1n) is 12.1. The van der Waals surface area contributed by atoms with Gasteiger partial charge >= 0.3 is 32.7 Å². The first-order chi connectivity index (χ1) is 14.5. The van der Waals surface area contributed by atoms with Crippen molar-refractivity contribution in [3.8, 4) is 0 Å². The summed E-state index contributed by atoms with van der Waals surface area (Å²) in [6, 6.07) is 0. The summed E-state index contributed by atoms with van der Waals surface area (Å²) in [6.07, 6.45) is 12.4. The molecule has 0 amide bonds. The zero-order valence-electron chi connectivity index (χ0n) is 22.2. The molecule has 0 bridgehead atoms. The van der Waals surface area contributed by atoms with Gasteiger partial charge in [-0.1, -0.05) is 41.5 Å². The van der Waals surface area contributed by atoms with Crippen molar-refractivity contribution in [3.05, 3.63) is 0 Å². The van der Waals surface area contributed by atoms with Gasteiger partial charge in [0, 0.05) is 0 Å². The fourth-order valence-electron chi connectivity index (χ4n) is 2.16. The van der Waals surface area contributed by atoms with E-state index < -0.39 is 0 Å². The SMILES string of the molecule is CCCN([C-]=NCC)CC.CCCN([C-]=NCC)CC.CCCN([C-]=NCC)CC.[Y+3]. The molecule has 0 N–H and O–H groups in total. The van der Waals surface area contributed by atoms with Gasteiger partial charge in [-0.25, -0.2) is 0 Å². The molecule has 0 spiro atoms. The number of rotatable bonds is 15. The Morgan fingerprint density at radius 2 is 0.677 bits per heavy atom. The van der Waals surface area contributed by atoms with E-state index in [0.29, 0.717) is 0 Å². The first kappa shape index (κ1) is 37.8. The van der Waals surface area contributed by atoms with Crippen LogP contribution >= 0.6 is 0 Å². The summed E-state index contributed by atoms with van der Waals surface area (Å²) < 4.78 is 0. The van der Waals surface area contributed by atoms with Crippen molar-refractivity contribution in [2.24, 2.45) is 15.0 Å². The van der Waals surface area contributed by atoms with Crippen molar-refractivity contribution in [3.63, 3.8) is 0 Å². The van der Waals surface area contributed by atoms with Gasteiger partial charge in [0.15, 0.2) is 0 Å². The number of hydrogen-bond donors (Lipinski definition) is 0. The maximum atomic E-state index is 4.04. The third kappa shape index (κ3) is 31.8. The minimum Gasteiger partial charge on any atom is -0.538 e. The molecule has 0 aliphatic heterocycles. The number of hydrogen-bond acceptors (Lipinski definition) is 3. The van der Waals surface area contributed by atoms with Crippen molar-refractivity contribution >= 4 is 19.0 Å². The van der Waals surface area contributed by atoms with Crippen molar-refractivity contribution in [2.45, 2.75) is 81.6 Å². The molecule has 0 aromatic rings. The quantitative estimate of drug-likeness (QED) is 0.135. The largest absolute Gasteiger partial charge is 3.00 e. The first-order valence-corrected chi connectivity index (χ1v) is 12.1. The second-order valence-electron chi connectivity index (χ2n) is 6.46. The fourth-order valence-corrected chi connectivity index (χ4v) is 2.16. The van der Waals surface area contributed by atoms with Gasteiger partial charge in [-0.2, -0.15) is 0 Å². The van der Waals surface area contributed by atoms with Gasteiger partial charge in [-0.3, -0.25) is 19.0 Å². The molecule has 0 fully saturated rings. The van der Waals surface area contributed by atoms with Crippen LogP contribution in [0.3, 0.4) is 0 Å². The van der Waals surface area contributed by atoms with Crippen LogP contribution in [0.1, 0.15) is 81.6 Å². The molecule has 0 radical (unpaired) electrons. The molecule has 0 heterocycles. The summed E-state index contributed by atoms with van der Waals surface area (Å²) in [5.74, 6) is 0. The van der Waals surface area contributed by atoms with Crippen LogP contribution in [-0.4, -0.2) is 92.6 Å². The molecular weight excluding hydrogens is 461 g/mol. The minimum absolute atomic E-state index is 0. The number of nitrogens with zero attached hydrogens (tertiary/aromatic N) is 6. The van der Waals surface area contributed by atoms with E-state index in [4.69, 9.17) is 0 Å². The predicted molar refractivity (Wildman–Crippen MR) is 137 cm³/mol.